The zero-order valence-electron chi connectivity index (χ0n) is 31.6. The number of aryl methyl sites for hydroxylation is 1. The first-order valence-electron chi connectivity index (χ1n) is 18.4. The summed E-state index contributed by atoms with van der Waals surface area (Å²) in [5.74, 6) is 0. The number of hydrogen-bond donors (Lipinski definition) is 0. The van der Waals surface area contributed by atoms with Crippen LogP contribution in [0.15, 0.2) is 211 Å². The van der Waals surface area contributed by atoms with E-state index < -0.39 is 23.8 Å². The summed E-state index contributed by atoms with van der Waals surface area (Å²) in [6.07, 6.45) is 4.48. The number of rotatable bonds is 13. The fourth-order valence-electron chi connectivity index (χ4n) is 6.73. The van der Waals surface area contributed by atoms with Crippen molar-refractivity contribution in [3.05, 3.63) is 212 Å². The van der Waals surface area contributed by atoms with Crippen LogP contribution in [-0.4, -0.2) is 26.9 Å². The normalized spacial score (nSPS) is 10.9. The molecule has 0 saturated carbocycles. The molecule has 276 valence electrons. The van der Waals surface area contributed by atoms with Crippen LogP contribution in [0.1, 0.15) is 19.4 Å². The summed E-state index contributed by atoms with van der Waals surface area (Å²) in [4.78, 5) is 0.986. The van der Waals surface area contributed by atoms with Gasteiger partial charge >= 0.3 is 19.5 Å². The van der Waals surface area contributed by atoms with Crippen LogP contribution in [0.4, 0.5) is 0 Å². The molecular weight excluding hydrogens is 825 g/mol. The van der Waals surface area contributed by atoms with Crippen molar-refractivity contribution in [3.63, 3.8) is 0 Å². The average molecular weight is 874 g/mol. The molecule has 0 aliphatic carbocycles. The predicted molar refractivity (Wildman–Crippen MR) is 247 cm³/mol. The van der Waals surface area contributed by atoms with Gasteiger partial charge in [0.2, 0.25) is 0 Å². The van der Waals surface area contributed by atoms with Gasteiger partial charge in [0.15, 0.2) is 0 Å². The Hall–Kier alpha value is -3.26. The fourth-order valence-corrected chi connectivity index (χ4v) is 15.7. The molecule has 55 heavy (non-hydrogen) atoms. The summed E-state index contributed by atoms with van der Waals surface area (Å²) < 4.78 is 0. The minimum absolute atomic E-state index is 0. The van der Waals surface area contributed by atoms with Crippen molar-refractivity contribution >= 4 is 76.6 Å². The van der Waals surface area contributed by atoms with E-state index in [4.69, 9.17) is 12.6 Å². The van der Waals surface area contributed by atoms with Crippen LogP contribution >= 0.6 is 23.8 Å². The molecule has 0 amide bonds. The summed E-state index contributed by atoms with van der Waals surface area (Å²) >= 11 is 5.05. The quantitative estimate of drug-likeness (QED) is 0.0632. The Balaban J connectivity index is 0.000000539. The minimum Gasteiger partial charge on any atom is -0.779 e. The second-order valence-electron chi connectivity index (χ2n) is 13.5. The van der Waals surface area contributed by atoms with E-state index in [1.165, 1.54) is 37.4 Å². The van der Waals surface area contributed by atoms with Crippen LogP contribution < -0.4 is 31.8 Å². The van der Waals surface area contributed by atoms with Crippen molar-refractivity contribution in [2.75, 3.05) is 18.5 Å². The second kappa shape index (κ2) is 23.1. The third-order valence-corrected chi connectivity index (χ3v) is 18.5. The molecule has 7 rings (SSSR count). The Morgan fingerprint density at radius 2 is 0.600 bits per heavy atom. The van der Waals surface area contributed by atoms with Crippen molar-refractivity contribution < 1.29 is 19.5 Å². The molecule has 0 aromatic heterocycles. The van der Waals surface area contributed by atoms with Crippen molar-refractivity contribution in [2.45, 2.75) is 25.2 Å². The zero-order valence-corrected chi connectivity index (χ0v) is 36.9. The van der Waals surface area contributed by atoms with Gasteiger partial charge in [0, 0.05) is 8.41 Å². The largest absolute Gasteiger partial charge is 1.00 e. The van der Waals surface area contributed by atoms with Gasteiger partial charge in [0.1, 0.15) is 0 Å². The van der Waals surface area contributed by atoms with Gasteiger partial charge in [-0.3, -0.25) is 0 Å². The molecule has 4 radical (unpaired) electrons. The first-order valence-corrected chi connectivity index (χ1v) is 23.4. The van der Waals surface area contributed by atoms with E-state index in [-0.39, 0.29) is 33.3 Å². The molecule has 0 unspecified atom stereocenters. The Morgan fingerprint density at radius 3 is 0.800 bits per heavy atom. The van der Waals surface area contributed by atoms with Gasteiger partial charge in [0.25, 0.3) is 0 Å². The minimum atomic E-state index is -0.555. The molecule has 0 fully saturated rings. The number of benzene rings is 7. The van der Waals surface area contributed by atoms with Crippen molar-refractivity contribution in [1.29, 1.82) is 0 Å². The third-order valence-electron chi connectivity index (χ3n) is 9.38. The molecule has 6 heteroatoms. The number of hydrogen-bond acceptors (Lipinski definition) is 1. The van der Waals surface area contributed by atoms with Crippen LogP contribution in [0.2, 0.25) is 0 Å². The zero-order chi connectivity index (χ0) is 36.7. The van der Waals surface area contributed by atoms with Crippen LogP contribution in [0.3, 0.4) is 0 Å². The first kappa shape index (κ1) is 44.5. The van der Waals surface area contributed by atoms with Crippen LogP contribution in [-0.2, 0) is 38.5 Å². The Labute approximate surface area is 354 Å². The molecule has 0 aliphatic rings. The molecule has 7 aromatic rings. The Morgan fingerprint density at radius 1 is 0.382 bits per heavy atom. The molecule has 0 saturated heterocycles. The maximum absolute atomic E-state index is 5.05. The molecule has 0 atom stereocenters. The van der Waals surface area contributed by atoms with Gasteiger partial charge in [-0.2, -0.15) is 4.90 Å². The topological polar surface area (TPSA) is 0 Å². The van der Waals surface area contributed by atoms with Crippen LogP contribution in [0.5, 0.6) is 0 Å². The second-order valence-corrected chi connectivity index (χ2v) is 20.6. The van der Waals surface area contributed by atoms with Gasteiger partial charge < -0.3 is 12.6 Å². The molecule has 7 aromatic carbocycles. The Bertz CT molecular complexity index is 1750. The fraction of sp³-hybridized carbons (Fsp3) is 0.143. The van der Waals surface area contributed by atoms with E-state index >= 15 is 0 Å². The van der Waals surface area contributed by atoms with Crippen LogP contribution in [0.25, 0.3) is 0 Å². The van der Waals surface area contributed by atoms with Gasteiger partial charge in [0.05, 0.1) is 0 Å². The molecule has 0 N–H and O–H groups in total. The van der Waals surface area contributed by atoms with E-state index in [0.29, 0.717) is 0 Å². The van der Waals surface area contributed by atoms with Crippen molar-refractivity contribution in [2.24, 2.45) is 5.41 Å². The van der Waals surface area contributed by atoms with E-state index in [0.717, 1.165) is 29.8 Å². The Kier molecular flexibility index (Phi) is 18.7. The summed E-state index contributed by atoms with van der Waals surface area (Å²) in [5.41, 5.74) is 1.35. The van der Waals surface area contributed by atoms with Gasteiger partial charge in [-0.1, -0.05) is 226 Å². The van der Waals surface area contributed by atoms with Crippen LogP contribution in [0, 0.1) is 5.41 Å². The first-order chi connectivity index (χ1) is 26.0. The maximum Gasteiger partial charge on any atom is 1.00 e. The maximum atomic E-state index is 5.05. The summed E-state index contributed by atoms with van der Waals surface area (Å²) in [5, 5.41) is 8.79. The molecule has 0 bridgehead atoms. The van der Waals surface area contributed by atoms with E-state index in [1.54, 1.807) is 0 Å². The van der Waals surface area contributed by atoms with Crippen molar-refractivity contribution in [1.82, 2.24) is 0 Å². The van der Waals surface area contributed by atoms with E-state index in [2.05, 4.69) is 202 Å². The van der Waals surface area contributed by atoms with Gasteiger partial charge in [-0.25, -0.2) is 0 Å². The third kappa shape index (κ3) is 12.9. The van der Waals surface area contributed by atoms with E-state index in [1.807, 2.05) is 18.2 Å². The summed E-state index contributed by atoms with van der Waals surface area (Å²) in [6.45, 7) is 4.72. The smallest absolute Gasteiger partial charge is 0.779 e. The average Bonchev–Trinajstić information content (AvgIpc) is 3.23. The molecule has 0 aliphatic heterocycles. The predicted octanol–water partition coefficient (Wildman–Crippen LogP) is 10.2. The monoisotopic (exact) mass is 874 g/mol. The van der Waals surface area contributed by atoms with Gasteiger partial charge in [-0.05, 0) is 85.9 Å². The SMILES string of the molecule is CC(CP(c1ccccc1)c1ccccc1)(CP(c1ccccc1)c1ccccc1)CP(c1ccccc1)c1ccccc1.CCc1ccccc1[S-].[B].[Ru+]. The molecule has 0 nitrogen and oxygen atoms in total. The summed E-state index contributed by atoms with van der Waals surface area (Å²) in [6, 6.07) is 75.8. The molecule has 0 spiro atoms. The summed E-state index contributed by atoms with van der Waals surface area (Å²) in [7, 11) is -1.66. The molecule has 0 heterocycles. The molecular formula is C49H48BP3RuS. The van der Waals surface area contributed by atoms with Crippen molar-refractivity contribution in [3.8, 4) is 0 Å². The van der Waals surface area contributed by atoms with Gasteiger partial charge in [-0.15, -0.1) is 0 Å². The standard InChI is InChI=1S/C41H39P3.C8H10S.B.Ru/c1-41(32-42(35-20-8-2-9-21-35)36-22-10-3-11-23-36,33-43(37-24-12-4-13-25-37)38-26-14-5-15-27-38)34-44(39-28-16-6-17-29-39)40-30-18-7-19-31-40;1-2-7-5-3-4-6-8(7)9;;/h2-31H,32-34H2,1H3;3-6,9H,2H2,1H3;;/q;;;+1/p-1. The van der Waals surface area contributed by atoms with E-state index in [9.17, 15) is 0 Å².